The highest BCUT2D eigenvalue weighted by Gasteiger charge is 2.29. The van der Waals surface area contributed by atoms with Crippen LogP contribution in [0.3, 0.4) is 0 Å². The average molecular weight is 413 g/mol. The summed E-state index contributed by atoms with van der Waals surface area (Å²) >= 11 is 1.51. The molecule has 0 radical (unpaired) electrons. The lowest BCUT2D eigenvalue weighted by molar-refractivity contribution is -0.139. The van der Waals surface area contributed by atoms with E-state index in [1.165, 1.54) is 17.3 Å². The highest BCUT2D eigenvalue weighted by Crippen LogP contribution is 2.21. The molecule has 2 amide bonds. The Balaban J connectivity index is 2.21. The molecule has 0 aliphatic carbocycles. The molecule has 0 saturated heterocycles. The molecule has 0 aromatic heterocycles. The molecule has 4 nitrogen and oxygen atoms in total. The minimum atomic E-state index is -0.483. The van der Waals surface area contributed by atoms with E-state index < -0.39 is 6.04 Å². The SMILES string of the molecule is CC[C@@H](C(=O)NC(C)C)N(Cc1ccccc1C)C(=O)CSc1ccc(C)cc1. The van der Waals surface area contributed by atoms with E-state index in [1.54, 1.807) is 4.90 Å². The number of nitrogens with one attached hydrogen (secondary N) is 1. The molecule has 0 spiro atoms. The molecule has 1 N–H and O–H groups in total. The van der Waals surface area contributed by atoms with Crippen LogP contribution in [-0.2, 0) is 16.1 Å². The van der Waals surface area contributed by atoms with E-state index in [-0.39, 0.29) is 17.9 Å². The molecule has 2 aromatic carbocycles. The molecule has 5 heteroatoms. The molecule has 0 aliphatic rings. The first-order valence-corrected chi connectivity index (χ1v) is 11.1. The van der Waals surface area contributed by atoms with Gasteiger partial charge in [0.05, 0.1) is 5.75 Å². The zero-order valence-electron chi connectivity index (χ0n) is 18.1. The lowest BCUT2D eigenvalue weighted by Gasteiger charge is -2.31. The Labute approximate surface area is 179 Å². The number of nitrogens with zero attached hydrogens (tertiary/aromatic N) is 1. The summed E-state index contributed by atoms with van der Waals surface area (Å²) in [6.45, 7) is 10.3. The standard InChI is InChI=1S/C24H32N2O2S/c1-6-22(24(28)25-17(2)3)26(15-20-10-8-7-9-19(20)5)23(27)16-29-21-13-11-18(4)12-14-21/h7-14,17,22H,6,15-16H2,1-5H3,(H,25,28)/t22-/m0/s1. The van der Waals surface area contributed by atoms with Gasteiger partial charge in [-0.25, -0.2) is 0 Å². The van der Waals surface area contributed by atoms with Crippen LogP contribution in [-0.4, -0.2) is 34.6 Å². The van der Waals surface area contributed by atoms with Crippen LogP contribution in [0.2, 0.25) is 0 Å². The van der Waals surface area contributed by atoms with E-state index in [1.807, 2.05) is 83.1 Å². The third-order valence-corrected chi connectivity index (χ3v) is 5.80. The summed E-state index contributed by atoms with van der Waals surface area (Å²) in [7, 11) is 0. The second-order valence-corrected chi connectivity index (χ2v) is 8.69. The molecule has 2 aromatic rings. The zero-order valence-corrected chi connectivity index (χ0v) is 18.9. The van der Waals surface area contributed by atoms with Crippen molar-refractivity contribution in [1.82, 2.24) is 10.2 Å². The highest BCUT2D eigenvalue weighted by atomic mass is 32.2. The van der Waals surface area contributed by atoms with Gasteiger partial charge in [0, 0.05) is 17.5 Å². The molecule has 0 fully saturated rings. The zero-order chi connectivity index (χ0) is 21.4. The minimum absolute atomic E-state index is 0.0235. The van der Waals surface area contributed by atoms with Crippen LogP contribution in [0.1, 0.15) is 43.9 Å². The lowest BCUT2D eigenvalue weighted by atomic mass is 10.1. The number of amides is 2. The predicted octanol–water partition coefficient (Wildman–Crippen LogP) is 4.73. The smallest absolute Gasteiger partial charge is 0.243 e. The van der Waals surface area contributed by atoms with E-state index in [2.05, 4.69) is 5.32 Å². The fourth-order valence-corrected chi connectivity index (χ4v) is 3.92. The Bertz CT molecular complexity index is 818. The second kappa shape index (κ2) is 11.1. The first kappa shape index (κ1) is 23.0. The first-order chi connectivity index (χ1) is 13.8. The van der Waals surface area contributed by atoms with Gasteiger partial charge in [-0.2, -0.15) is 0 Å². The number of aryl methyl sites for hydroxylation is 2. The molecule has 156 valence electrons. The van der Waals surface area contributed by atoms with Crippen molar-refractivity contribution in [1.29, 1.82) is 0 Å². The number of thioether (sulfide) groups is 1. The fourth-order valence-electron chi connectivity index (χ4n) is 3.13. The Morgan fingerprint density at radius 1 is 1.03 bits per heavy atom. The number of carbonyl (C=O) groups is 2. The molecular formula is C24H32N2O2S. The largest absolute Gasteiger partial charge is 0.352 e. The van der Waals surface area contributed by atoms with Crippen LogP contribution >= 0.6 is 11.8 Å². The van der Waals surface area contributed by atoms with Crippen LogP contribution in [0.5, 0.6) is 0 Å². The summed E-state index contributed by atoms with van der Waals surface area (Å²) < 4.78 is 0. The fraction of sp³-hybridized carbons (Fsp3) is 0.417. The summed E-state index contributed by atoms with van der Waals surface area (Å²) in [5, 5.41) is 2.97. The monoisotopic (exact) mass is 412 g/mol. The van der Waals surface area contributed by atoms with Gasteiger partial charge in [-0.3, -0.25) is 9.59 Å². The van der Waals surface area contributed by atoms with Gasteiger partial charge in [0.1, 0.15) is 6.04 Å². The maximum Gasteiger partial charge on any atom is 0.243 e. The quantitative estimate of drug-likeness (QED) is 0.606. The average Bonchev–Trinajstić information content (AvgIpc) is 2.68. The van der Waals surface area contributed by atoms with E-state index in [4.69, 9.17) is 0 Å². The van der Waals surface area contributed by atoms with E-state index in [9.17, 15) is 9.59 Å². The topological polar surface area (TPSA) is 49.4 Å². The highest BCUT2D eigenvalue weighted by molar-refractivity contribution is 8.00. The second-order valence-electron chi connectivity index (χ2n) is 7.64. The Morgan fingerprint density at radius 2 is 1.69 bits per heavy atom. The molecule has 0 heterocycles. The number of benzene rings is 2. The van der Waals surface area contributed by atoms with Crippen LogP contribution in [0.15, 0.2) is 53.4 Å². The minimum Gasteiger partial charge on any atom is -0.352 e. The van der Waals surface area contributed by atoms with Crippen molar-refractivity contribution in [2.24, 2.45) is 0 Å². The Morgan fingerprint density at radius 3 is 2.28 bits per heavy atom. The van der Waals surface area contributed by atoms with Crippen molar-refractivity contribution in [3.63, 3.8) is 0 Å². The number of hydrogen-bond acceptors (Lipinski definition) is 3. The Kier molecular flexibility index (Phi) is 8.77. The van der Waals surface area contributed by atoms with Crippen molar-refractivity contribution in [3.8, 4) is 0 Å². The van der Waals surface area contributed by atoms with E-state index >= 15 is 0 Å². The van der Waals surface area contributed by atoms with Gasteiger partial charge >= 0.3 is 0 Å². The molecule has 0 bridgehead atoms. The molecule has 0 aliphatic heterocycles. The summed E-state index contributed by atoms with van der Waals surface area (Å²) in [6, 6.07) is 15.7. The Hall–Kier alpha value is -2.27. The number of rotatable bonds is 9. The van der Waals surface area contributed by atoms with Gasteiger partial charge in [0.15, 0.2) is 0 Å². The van der Waals surface area contributed by atoms with Crippen molar-refractivity contribution in [2.45, 2.75) is 64.6 Å². The van der Waals surface area contributed by atoms with Gasteiger partial charge in [0.2, 0.25) is 11.8 Å². The van der Waals surface area contributed by atoms with Crippen LogP contribution < -0.4 is 5.32 Å². The van der Waals surface area contributed by atoms with Gasteiger partial charge in [-0.15, -0.1) is 11.8 Å². The molecule has 1 atom stereocenters. The van der Waals surface area contributed by atoms with E-state index in [0.717, 1.165) is 16.0 Å². The van der Waals surface area contributed by atoms with E-state index in [0.29, 0.717) is 18.7 Å². The van der Waals surface area contributed by atoms with Crippen LogP contribution in [0.4, 0.5) is 0 Å². The van der Waals surface area contributed by atoms with Gasteiger partial charge < -0.3 is 10.2 Å². The van der Waals surface area contributed by atoms with Crippen LogP contribution in [0.25, 0.3) is 0 Å². The first-order valence-electron chi connectivity index (χ1n) is 10.2. The van der Waals surface area contributed by atoms with Gasteiger partial charge in [-0.1, -0.05) is 48.9 Å². The summed E-state index contributed by atoms with van der Waals surface area (Å²) in [6.07, 6.45) is 0.575. The lowest BCUT2D eigenvalue weighted by Crippen LogP contribution is -2.51. The molecule has 0 saturated carbocycles. The maximum atomic E-state index is 13.2. The number of carbonyl (C=O) groups excluding carboxylic acids is 2. The van der Waals surface area contributed by atoms with Gasteiger partial charge in [0.25, 0.3) is 0 Å². The van der Waals surface area contributed by atoms with Gasteiger partial charge in [-0.05, 0) is 57.4 Å². The predicted molar refractivity (Wildman–Crippen MR) is 121 cm³/mol. The van der Waals surface area contributed by atoms with Crippen molar-refractivity contribution in [3.05, 3.63) is 65.2 Å². The summed E-state index contributed by atoms with van der Waals surface area (Å²) in [5.41, 5.74) is 3.38. The third kappa shape index (κ3) is 6.93. The number of hydrogen-bond donors (Lipinski definition) is 1. The summed E-state index contributed by atoms with van der Waals surface area (Å²) in [5.74, 6) is 0.190. The van der Waals surface area contributed by atoms with Crippen molar-refractivity contribution in [2.75, 3.05) is 5.75 Å². The molecule has 0 unspecified atom stereocenters. The molecule has 2 rings (SSSR count). The molecular weight excluding hydrogens is 380 g/mol. The van der Waals surface area contributed by atoms with Crippen molar-refractivity contribution < 1.29 is 9.59 Å². The van der Waals surface area contributed by atoms with Crippen molar-refractivity contribution >= 4 is 23.6 Å². The summed E-state index contributed by atoms with van der Waals surface area (Å²) in [4.78, 5) is 28.8. The maximum absolute atomic E-state index is 13.2. The van der Waals surface area contributed by atoms with Crippen LogP contribution in [0, 0.1) is 13.8 Å². The third-order valence-electron chi connectivity index (χ3n) is 4.80. The molecule has 29 heavy (non-hydrogen) atoms. The normalized spacial score (nSPS) is 11.9.